The number of anilines is 4. The number of thiazole rings is 1. The van der Waals surface area contributed by atoms with Crippen molar-refractivity contribution in [1.29, 1.82) is 0 Å². The quantitative estimate of drug-likeness (QED) is 0.373. The number of rotatable bonds is 7. The summed E-state index contributed by atoms with van der Waals surface area (Å²) in [6.07, 6.45) is -3.96. The van der Waals surface area contributed by atoms with Crippen molar-refractivity contribution in [2.75, 3.05) is 28.0 Å². The highest BCUT2D eigenvalue weighted by molar-refractivity contribution is 7.92. The molecule has 0 bridgehead atoms. The monoisotopic (exact) mass is 559 g/mol. The van der Waals surface area contributed by atoms with Crippen LogP contribution in [0.5, 0.6) is 0 Å². The predicted molar refractivity (Wildman–Crippen MR) is 134 cm³/mol. The summed E-state index contributed by atoms with van der Waals surface area (Å²) in [4.78, 5) is 16.9. The zero-order valence-electron chi connectivity index (χ0n) is 18.8. The summed E-state index contributed by atoms with van der Waals surface area (Å²) < 4.78 is 67.9. The number of benzene rings is 2. The zero-order valence-corrected chi connectivity index (χ0v) is 21.2. The van der Waals surface area contributed by atoms with Crippen LogP contribution in [-0.4, -0.2) is 38.4 Å². The molecule has 0 aliphatic carbocycles. The van der Waals surface area contributed by atoms with Crippen LogP contribution < -0.4 is 20.3 Å². The molecule has 36 heavy (non-hydrogen) atoms. The highest BCUT2D eigenvalue weighted by Gasteiger charge is 2.33. The minimum Gasteiger partial charge on any atom is -0.368 e. The van der Waals surface area contributed by atoms with E-state index in [1.165, 1.54) is 53.4 Å². The van der Waals surface area contributed by atoms with Gasteiger partial charge in [-0.2, -0.15) is 13.2 Å². The van der Waals surface area contributed by atoms with Crippen molar-refractivity contribution in [3.63, 3.8) is 0 Å². The maximum atomic E-state index is 13.4. The van der Waals surface area contributed by atoms with Gasteiger partial charge in [0.2, 0.25) is 5.91 Å². The lowest BCUT2D eigenvalue weighted by Crippen LogP contribution is -2.35. The number of halogens is 4. The van der Waals surface area contributed by atoms with Crippen LogP contribution >= 0.6 is 22.9 Å². The number of nitrogens with zero attached hydrogens (tertiary/aromatic N) is 2. The highest BCUT2D eigenvalue weighted by atomic mass is 35.5. The number of alkyl halides is 3. The number of carbonyl (C=O) groups excluding carboxylic acids is 1. The molecule has 1 fully saturated rings. The van der Waals surface area contributed by atoms with Crippen LogP contribution in [0.3, 0.4) is 0 Å². The second-order valence-electron chi connectivity index (χ2n) is 8.11. The molecule has 1 aliphatic rings. The number of hydrogen-bond donors (Lipinski definition) is 3. The van der Waals surface area contributed by atoms with Crippen molar-refractivity contribution in [3.8, 4) is 0 Å². The fourth-order valence-electron chi connectivity index (χ4n) is 3.83. The van der Waals surface area contributed by atoms with Gasteiger partial charge in [0.1, 0.15) is 0 Å². The summed E-state index contributed by atoms with van der Waals surface area (Å²) in [5.74, 6) is -0.0359. The smallest absolute Gasteiger partial charge is 0.368 e. The maximum Gasteiger partial charge on any atom is 0.416 e. The van der Waals surface area contributed by atoms with Gasteiger partial charge in [0.05, 0.1) is 38.1 Å². The summed E-state index contributed by atoms with van der Waals surface area (Å²) in [5, 5.41) is 7.40. The maximum absolute atomic E-state index is 13.4. The van der Waals surface area contributed by atoms with E-state index in [1.54, 1.807) is 4.90 Å². The lowest BCUT2D eigenvalue weighted by atomic mass is 10.1. The summed E-state index contributed by atoms with van der Waals surface area (Å²) in [6.45, 7) is 2.16. The number of amides is 1. The molecule has 1 atom stereocenters. The van der Waals surface area contributed by atoms with Crippen molar-refractivity contribution >= 4 is 61.7 Å². The first-order chi connectivity index (χ1) is 16.9. The van der Waals surface area contributed by atoms with Gasteiger partial charge in [-0.1, -0.05) is 11.6 Å². The number of sulfonamides is 1. The third-order valence-electron chi connectivity index (χ3n) is 5.45. The molecule has 0 saturated carbocycles. The van der Waals surface area contributed by atoms with Crippen LogP contribution in [-0.2, 0) is 21.0 Å². The second-order valence-corrected chi connectivity index (χ2v) is 10.9. The van der Waals surface area contributed by atoms with Gasteiger partial charge in [-0.25, -0.2) is 13.4 Å². The Kier molecular flexibility index (Phi) is 7.34. The molecule has 4 rings (SSSR count). The number of nitrogens with one attached hydrogen (secondary N) is 3. The Morgan fingerprint density at radius 2 is 1.94 bits per heavy atom. The van der Waals surface area contributed by atoms with Crippen LogP contribution in [0.25, 0.3) is 0 Å². The zero-order chi connectivity index (χ0) is 26.1. The Bertz CT molecular complexity index is 1370. The van der Waals surface area contributed by atoms with Crippen LogP contribution in [0.4, 0.5) is 36.1 Å². The lowest BCUT2D eigenvalue weighted by molar-refractivity contribution is -0.137. The SMILES string of the molecule is CC(=O)N[C@@H]1CCN(c2cc(C(F)(F)F)ccc2Nc2ccc(S(=O)(=O)Nc3cscn3)cc2Cl)C1. The number of carbonyl (C=O) groups is 1. The van der Waals surface area contributed by atoms with Gasteiger partial charge >= 0.3 is 6.18 Å². The van der Waals surface area contributed by atoms with E-state index >= 15 is 0 Å². The van der Waals surface area contributed by atoms with Gasteiger partial charge in [-0.05, 0) is 42.8 Å². The molecular weight excluding hydrogens is 539 g/mol. The molecule has 192 valence electrons. The molecule has 1 amide bonds. The van der Waals surface area contributed by atoms with E-state index in [1.807, 2.05) is 0 Å². The molecular formula is C22H21ClF3N5O3S2. The van der Waals surface area contributed by atoms with E-state index in [0.717, 1.165) is 12.1 Å². The molecule has 1 aliphatic heterocycles. The van der Waals surface area contributed by atoms with Gasteiger partial charge in [0.25, 0.3) is 10.0 Å². The lowest BCUT2D eigenvalue weighted by Gasteiger charge is -2.24. The summed E-state index contributed by atoms with van der Waals surface area (Å²) >= 11 is 7.58. The third-order valence-corrected chi connectivity index (χ3v) is 7.70. The van der Waals surface area contributed by atoms with Crippen molar-refractivity contribution in [2.45, 2.75) is 30.5 Å². The topological polar surface area (TPSA) is 103 Å². The molecule has 3 aromatic rings. The Balaban J connectivity index is 1.62. The minimum atomic E-state index is -4.54. The molecule has 14 heteroatoms. The Morgan fingerprint density at radius 1 is 1.19 bits per heavy atom. The molecule has 8 nitrogen and oxygen atoms in total. The molecule has 3 N–H and O–H groups in total. The van der Waals surface area contributed by atoms with E-state index in [4.69, 9.17) is 11.6 Å². The first-order valence-corrected chi connectivity index (χ1v) is 13.4. The first kappa shape index (κ1) is 26.0. The van der Waals surface area contributed by atoms with Crippen molar-refractivity contribution in [2.24, 2.45) is 0 Å². The second kappa shape index (κ2) is 10.1. The predicted octanol–water partition coefficient (Wildman–Crippen LogP) is 5.07. The van der Waals surface area contributed by atoms with Crippen LogP contribution in [0, 0.1) is 0 Å². The van der Waals surface area contributed by atoms with Crippen LogP contribution in [0.2, 0.25) is 5.02 Å². The van der Waals surface area contributed by atoms with E-state index in [2.05, 4.69) is 20.3 Å². The summed E-state index contributed by atoms with van der Waals surface area (Å²) in [5.41, 5.74) is 1.62. The van der Waals surface area contributed by atoms with Crippen molar-refractivity contribution in [3.05, 3.63) is 57.9 Å². The molecule has 2 aromatic carbocycles. The standard InChI is InChI=1S/C22H21ClF3N5O3S2/c1-13(32)28-15-6-7-31(10-15)20-8-14(22(24,25)26)2-4-19(20)29-18-5-3-16(9-17(18)23)36(33,34)30-21-11-35-12-27-21/h2-5,8-9,11-12,15,29-30H,6-7,10H2,1H3,(H,28,32)/t15-/m1/s1. The Hall–Kier alpha value is -3.03. The van der Waals surface area contributed by atoms with Crippen LogP contribution in [0.1, 0.15) is 18.9 Å². The van der Waals surface area contributed by atoms with Gasteiger partial charge in [0, 0.05) is 31.4 Å². The number of aromatic nitrogens is 1. The Labute approximate surface area is 214 Å². The van der Waals surface area contributed by atoms with Crippen molar-refractivity contribution in [1.82, 2.24) is 10.3 Å². The third kappa shape index (κ3) is 6.02. The van der Waals surface area contributed by atoms with Gasteiger partial charge < -0.3 is 15.5 Å². The van der Waals surface area contributed by atoms with E-state index in [0.29, 0.717) is 30.9 Å². The summed E-state index contributed by atoms with van der Waals surface area (Å²) in [6, 6.07) is 7.11. The fraction of sp³-hybridized carbons (Fsp3) is 0.273. The Morgan fingerprint density at radius 3 is 2.58 bits per heavy atom. The van der Waals surface area contributed by atoms with E-state index in [-0.39, 0.29) is 33.4 Å². The highest BCUT2D eigenvalue weighted by Crippen LogP contribution is 2.39. The molecule has 0 spiro atoms. The normalized spacial score (nSPS) is 16.1. The van der Waals surface area contributed by atoms with E-state index < -0.39 is 21.8 Å². The van der Waals surface area contributed by atoms with Gasteiger partial charge in [-0.3, -0.25) is 9.52 Å². The van der Waals surface area contributed by atoms with E-state index in [9.17, 15) is 26.4 Å². The van der Waals surface area contributed by atoms with Gasteiger partial charge in [0.15, 0.2) is 5.82 Å². The molecule has 0 radical (unpaired) electrons. The van der Waals surface area contributed by atoms with Crippen LogP contribution in [0.15, 0.2) is 52.2 Å². The van der Waals surface area contributed by atoms with Crippen molar-refractivity contribution < 1.29 is 26.4 Å². The average Bonchev–Trinajstić information content (AvgIpc) is 3.46. The molecule has 2 heterocycles. The molecule has 1 saturated heterocycles. The first-order valence-electron chi connectivity index (χ1n) is 10.6. The molecule has 0 unspecified atom stereocenters. The minimum absolute atomic E-state index is 0.0551. The number of hydrogen-bond acceptors (Lipinski definition) is 7. The van der Waals surface area contributed by atoms with Gasteiger partial charge in [-0.15, -0.1) is 11.3 Å². The largest absolute Gasteiger partial charge is 0.416 e. The average molecular weight is 560 g/mol. The summed E-state index contributed by atoms with van der Waals surface area (Å²) in [7, 11) is -3.94. The molecule has 1 aromatic heterocycles. The fourth-order valence-corrected chi connectivity index (χ4v) is 5.70.